The molecule has 0 unspecified atom stereocenters. The molecule has 1 fully saturated rings. The first-order valence-electron chi connectivity index (χ1n) is 7.69. The summed E-state index contributed by atoms with van der Waals surface area (Å²) in [5, 5.41) is 13.9. The number of nitrogens with zero attached hydrogens (tertiary/aromatic N) is 1. The van der Waals surface area contributed by atoms with E-state index < -0.39 is 0 Å². The van der Waals surface area contributed by atoms with E-state index in [0.717, 1.165) is 24.4 Å². The highest BCUT2D eigenvalue weighted by Crippen LogP contribution is 2.26. The number of rotatable bonds is 5. The van der Waals surface area contributed by atoms with Crippen molar-refractivity contribution in [3.8, 4) is 10.6 Å². The van der Waals surface area contributed by atoms with Gasteiger partial charge in [-0.05, 0) is 31.6 Å². The molecule has 0 amide bonds. The maximum absolute atomic E-state index is 9.17. The summed E-state index contributed by atoms with van der Waals surface area (Å²) >= 11 is 1.77. The molecule has 3 rings (SSSR count). The maximum Gasteiger partial charge on any atom is 0.123 e. The summed E-state index contributed by atoms with van der Waals surface area (Å²) in [4.78, 5) is 5.81. The summed E-state index contributed by atoms with van der Waals surface area (Å²) in [6.07, 6.45) is 6.63. The Labute approximate surface area is 130 Å². The summed E-state index contributed by atoms with van der Waals surface area (Å²) in [6.45, 7) is 1.25. The Kier molecular flexibility index (Phi) is 5.01. The van der Waals surface area contributed by atoms with E-state index in [0.29, 0.717) is 18.6 Å². The second-order valence-electron chi connectivity index (χ2n) is 5.78. The minimum atomic E-state index is 0.349. The van der Waals surface area contributed by atoms with Crippen molar-refractivity contribution in [2.24, 2.45) is 5.92 Å². The van der Waals surface area contributed by atoms with Crippen LogP contribution < -0.4 is 5.32 Å². The summed E-state index contributed by atoms with van der Waals surface area (Å²) < 4.78 is 0. The van der Waals surface area contributed by atoms with Crippen LogP contribution in [-0.2, 0) is 6.54 Å². The number of nitrogens with one attached hydrogen (secondary N) is 1. The second kappa shape index (κ2) is 7.16. The van der Waals surface area contributed by atoms with E-state index in [1.807, 2.05) is 24.4 Å². The molecule has 21 heavy (non-hydrogen) atoms. The van der Waals surface area contributed by atoms with Gasteiger partial charge in [-0.3, -0.25) is 0 Å². The lowest BCUT2D eigenvalue weighted by Gasteiger charge is -2.27. The Balaban J connectivity index is 1.52. The Morgan fingerprint density at radius 2 is 1.90 bits per heavy atom. The van der Waals surface area contributed by atoms with Crippen LogP contribution in [0.15, 0.2) is 36.5 Å². The van der Waals surface area contributed by atoms with Gasteiger partial charge in [0.1, 0.15) is 5.01 Å². The number of aromatic nitrogens is 1. The monoisotopic (exact) mass is 302 g/mol. The Hall–Kier alpha value is -1.23. The van der Waals surface area contributed by atoms with Gasteiger partial charge in [0, 0.05) is 35.8 Å². The average Bonchev–Trinajstić information content (AvgIpc) is 3.03. The lowest BCUT2D eigenvalue weighted by molar-refractivity contribution is 0.175. The van der Waals surface area contributed by atoms with E-state index in [1.54, 1.807) is 11.3 Å². The minimum Gasteiger partial charge on any atom is -0.396 e. The molecule has 1 aliphatic rings. The van der Waals surface area contributed by atoms with Crippen LogP contribution in [0.1, 0.15) is 30.6 Å². The molecule has 112 valence electrons. The lowest BCUT2D eigenvalue weighted by atomic mass is 9.86. The highest BCUT2D eigenvalue weighted by molar-refractivity contribution is 7.15. The Bertz CT molecular complexity index is 547. The van der Waals surface area contributed by atoms with E-state index in [4.69, 9.17) is 5.11 Å². The number of hydrogen-bond acceptors (Lipinski definition) is 4. The Morgan fingerprint density at radius 1 is 1.14 bits per heavy atom. The fraction of sp³-hybridized carbons (Fsp3) is 0.471. The average molecular weight is 302 g/mol. The normalized spacial score (nSPS) is 22.3. The maximum atomic E-state index is 9.17. The highest BCUT2D eigenvalue weighted by Gasteiger charge is 2.20. The van der Waals surface area contributed by atoms with Crippen molar-refractivity contribution in [1.29, 1.82) is 0 Å². The number of hydrogen-bond donors (Lipinski definition) is 2. The molecule has 0 aliphatic heterocycles. The van der Waals surface area contributed by atoms with Gasteiger partial charge >= 0.3 is 0 Å². The molecule has 3 nitrogen and oxygen atoms in total. The summed E-state index contributed by atoms with van der Waals surface area (Å²) in [7, 11) is 0. The molecule has 1 saturated carbocycles. The number of aliphatic hydroxyl groups excluding tert-OH is 1. The molecule has 0 saturated heterocycles. The zero-order chi connectivity index (χ0) is 14.5. The molecular formula is C17H22N2OS. The van der Waals surface area contributed by atoms with Crippen LogP contribution in [0.25, 0.3) is 10.6 Å². The van der Waals surface area contributed by atoms with Crippen molar-refractivity contribution in [3.63, 3.8) is 0 Å². The molecule has 0 radical (unpaired) electrons. The molecule has 2 aromatic rings. The largest absolute Gasteiger partial charge is 0.396 e. The standard InChI is InChI=1S/C17H22N2OS/c20-12-13-6-8-15(9-7-13)18-10-16-11-19-17(21-16)14-4-2-1-3-5-14/h1-5,11,13,15,18,20H,6-10,12H2. The van der Waals surface area contributed by atoms with Crippen LogP contribution >= 0.6 is 11.3 Å². The highest BCUT2D eigenvalue weighted by atomic mass is 32.1. The van der Waals surface area contributed by atoms with Gasteiger partial charge in [-0.1, -0.05) is 30.3 Å². The summed E-state index contributed by atoms with van der Waals surface area (Å²) in [5.41, 5.74) is 1.19. The van der Waals surface area contributed by atoms with E-state index in [2.05, 4.69) is 22.4 Å². The first kappa shape index (κ1) is 14.7. The number of aliphatic hydroxyl groups is 1. The van der Waals surface area contributed by atoms with Crippen LogP contribution in [0.3, 0.4) is 0 Å². The van der Waals surface area contributed by atoms with Crippen molar-refractivity contribution in [1.82, 2.24) is 10.3 Å². The predicted octanol–water partition coefficient (Wildman–Crippen LogP) is 3.45. The molecule has 1 aromatic heterocycles. The van der Waals surface area contributed by atoms with Crippen LogP contribution in [0.2, 0.25) is 0 Å². The quantitative estimate of drug-likeness (QED) is 0.889. The molecule has 0 atom stereocenters. The molecule has 4 heteroatoms. The van der Waals surface area contributed by atoms with Crippen molar-refractivity contribution >= 4 is 11.3 Å². The van der Waals surface area contributed by atoms with Gasteiger partial charge in [-0.25, -0.2) is 4.98 Å². The molecule has 0 spiro atoms. The molecule has 1 aromatic carbocycles. The van der Waals surface area contributed by atoms with Crippen LogP contribution in [0, 0.1) is 5.92 Å². The zero-order valence-corrected chi connectivity index (χ0v) is 13.0. The molecule has 1 heterocycles. The third kappa shape index (κ3) is 3.90. The Morgan fingerprint density at radius 3 is 2.62 bits per heavy atom. The molecule has 0 bridgehead atoms. The fourth-order valence-corrected chi connectivity index (χ4v) is 3.77. The van der Waals surface area contributed by atoms with Gasteiger partial charge in [0.25, 0.3) is 0 Å². The van der Waals surface area contributed by atoms with Crippen LogP contribution in [-0.4, -0.2) is 22.7 Å². The van der Waals surface area contributed by atoms with Gasteiger partial charge in [0.05, 0.1) is 0 Å². The van der Waals surface area contributed by atoms with Gasteiger partial charge < -0.3 is 10.4 Å². The first-order valence-corrected chi connectivity index (χ1v) is 8.51. The van der Waals surface area contributed by atoms with Crippen molar-refractivity contribution in [2.75, 3.05) is 6.61 Å². The fourth-order valence-electron chi connectivity index (χ4n) is 2.90. The third-order valence-corrected chi connectivity index (χ3v) is 5.29. The molecule has 1 aliphatic carbocycles. The van der Waals surface area contributed by atoms with Crippen LogP contribution in [0.4, 0.5) is 0 Å². The smallest absolute Gasteiger partial charge is 0.123 e. The van der Waals surface area contributed by atoms with E-state index >= 15 is 0 Å². The summed E-state index contributed by atoms with van der Waals surface area (Å²) in [6, 6.07) is 10.9. The minimum absolute atomic E-state index is 0.349. The SMILES string of the molecule is OCC1CCC(NCc2cnc(-c3ccccc3)s2)CC1. The predicted molar refractivity (Wildman–Crippen MR) is 87.2 cm³/mol. The topological polar surface area (TPSA) is 45.1 Å². The van der Waals surface area contributed by atoms with Gasteiger partial charge in [-0.15, -0.1) is 11.3 Å². The van der Waals surface area contributed by atoms with Gasteiger partial charge in [0.15, 0.2) is 0 Å². The van der Waals surface area contributed by atoms with Crippen LogP contribution in [0.5, 0.6) is 0 Å². The first-order chi connectivity index (χ1) is 10.3. The molecule has 2 N–H and O–H groups in total. The number of thiazole rings is 1. The third-order valence-electron chi connectivity index (χ3n) is 4.24. The van der Waals surface area contributed by atoms with Gasteiger partial charge in [-0.2, -0.15) is 0 Å². The summed E-state index contributed by atoms with van der Waals surface area (Å²) in [5.74, 6) is 0.524. The van der Waals surface area contributed by atoms with Crippen molar-refractivity contribution < 1.29 is 5.11 Å². The van der Waals surface area contributed by atoms with E-state index in [-0.39, 0.29) is 0 Å². The van der Waals surface area contributed by atoms with Crippen molar-refractivity contribution in [3.05, 3.63) is 41.4 Å². The lowest BCUT2D eigenvalue weighted by Crippen LogP contribution is -2.33. The van der Waals surface area contributed by atoms with E-state index in [1.165, 1.54) is 23.3 Å². The second-order valence-corrected chi connectivity index (χ2v) is 6.89. The molecular weight excluding hydrogens is 280 g/mol. The van der Waals surface area contributed by atoms with Gasteiger partial charge in [0.2, 0.25) is 0 Å². The van der Waals surface area contributed by atoms with E-state index in [9.17, 15) is 0 Å². The zero-order valence-electron chi connectivity index (χ0n) is 12.2. The number of benzene rings is 1. The van der Waals surface area contributed by atoms with Crippen molar-refractivity contribution in [2.45, 2.75) is 38.3 Å².